The fraction of sp³-hybridized carbons (Fsp3) is 0.474. The van der Waals surface area contributed by atoms with E-state index >= 15 is 0 Å². The van der Waals surface area contributed by atoms with Gasteiger partial charge in [0.25, 0.3) is 5.91 Å². The van der Waals surface area contributed by atoms with Crippen molar-refractivity contribution in [2.45, 2.75) is 38.1 Å². The van der Waals surface area contributed by atoms with Gasteiger partial charge in [0.1, 0.15) is 5.82 Å². The molecule has 1 saturated carbocycles. The molecule has 2 atom stereocenters. The molecule has 2 N–H and O–H groups in total. The number of hydrogen-bond acceptors (Lipinski definition) is 3. The zero-order valence-corrected chi connectivity index (χ0v) is 16.3. The summed E-state index contributed by atoms with van der Waals surface area (Å²) >= 11 is 0. The third kappa shape index (κ3) is 3.80. The summed E-state index contributed by atoms with van der Waals surface area (Å²) in [4.78, 5) is 19.7. The van der Waals surface area contributed by atoms with E-state index < -0.39 is 0 Å². The maximum atomic E-state index is 13.8. The number of aromatic nitrogens is 1. The van der Waals surface area contributed by atoms with Gasteiger partial charge in [-0.25, -0.2) is 4.39 Å². The van der Waals surface area contributed by atoms with Gasteiger partial charge < -0.3 is 10.6 Å². The largest absolute Gasteiger partial charge is 0.336 e. The van der Waals surface area contributed by atoms with Crippen molar-refractivity contribution in [1.82, 2.24) is 9.88 Å². The summed E-state index contributed by atoms with van der Waals surface area (Å²) in [7, 11) is 0. The van der Waals surface area contributed by atoms with Crippen LogP contribution in [0.1, 0.15) is 48.2 Å². The Kier molecular flexibility index (Phi) is 6.48. The number of rotatable bonds is 3. The zero-order valence-electron chi connectivity index (χ0n) is 14.7. The molecule has 4 rings (SSSR count). The molecule has 142 valence electrons. The standard InChI is InChI=1S/C19H22FN3O.2ClH/c1-11-6-12(9-21)10-23(11)19(24)16-8-18(13-2-3-13)22-17-5-4-14(20)7-15(16)17;;/h4-5,7-8,11-13H,2-3,6,9-10,21H2,1H3;2*1H. The van der Waals surface area contributed by atoms with E-state index in [1.807, 2.05) is 11.0 Å². The van der Waals surface area contributed by atoms with E-state index in [0.717, 1.165) is 25.0 Å². The molecule has 1 aromatic carbocycles. The predicted octanol–water partition coefficient (Wildman–Crippen LogP) is 3.90. The highest BCUT2D eigenvalue weighted by Crippen LogP contribution is 2.40. The smallest absolute Gasteiger partial charge is 0.254 e. The van der Waals surface area contributed by atoms with Gasteiger partial charge in [-0.2, -0.15) is 0 Å². The van der Waals surface area contributed by atoms with E-state index in [4.69, 9.17) is 5.73 Å². The van der Waals surface area contributed by atoms with Crippen LogP contribution in [-0.4, -0.2) is 34.9 Å². The number of amides is 1. The molecule has 2 aromatic rings. The molecule has 1 amide bonds. The monoisotopic (exact) mass is 399 g/mol. The van der Waals surface area contributed by atoms with Crippen LogP contribution in [0.15, 0.2) is 24.3 Å². The van der Waals surface area contributed by atoms with Gasteiger partial charge in [-0.05, 0) is 62.9 Å². The number of carbonyl (C=O) groups excluding carboxylic acids is 1. The molecule has 2 unspecified atom stereocenters. The van der Waals surface area contributed by atoms with Gasteiger partial charge in [-0.3, -0.25) is 9.78 Å². The van der Waals surface area contributed by atoms with Crippen molar-refractivity contribution in [3.8, 4) is 0 Å². The molecule has 2 heterocycles. The highest BCUT2D eigenvalue weighted by Gasteiger charge is 2.34. The molecule has 1 aliphatic carbocycles. The molecule has 26 heavy (non-hydrogen) atoms. The summed E-state index contributed by atoms with van der Waals surface area (Å²) in [5.74, 6) is 0.417. The van der Waals surface area contributed by atoms with Crippen molar-refractivity contribution in [2.75, 3.05) is 13.1 Å². The van der Waals surface area contributed by atoms with Crippen molar-refractivity contribution >= 4 is 41.6 Å². The second kappa shape index (κ2) is 8.07. The highest BCUT2D eigenvalue weighted by atomic mass is 35.5. The summed E-state index contributed by atoms with van der Waals surface area (Å²) in [6, 6.07) is 6.54. The average molecular weight is 400 g/mol. The maximum absolute atomic E-state index is 13.8. The number of fused-ring (bicyclic) bond motifs is 1. The number of halogens is 3. The quantitative estimate of drug-likeness (QED) is 0.850. The third-order valence-electron chi connectivity index (χ3n) is 5.27. The fourth-order valence-corrected chi connectivity index (χ4v) is 3.73. The van der Waals surface area contributed by atoms with Crippen molar-refractivity contribution < 1.29 is 9.18 Å². The lowest BCUT2D eigenvalue weighted by Gasteiger charge is -2.22. The Morgan fingerprint density at radius 1 is 1.31 bits per heavy atom. The first-order valence-corrected chi connectivity index (χ1v) is 8.68. The van der Waals surface area contributed by atoms with Gasteiger partial charge in [-0.1, -0.05) is 0 Å². The second-order valence-electron chi connectivity index (χ2n) is 7.17. The number of hydrogen-bond donors (Lipinski definition) is 1. The second-order valence-corrected chi connectivity index (χ2v) is 7.17. The minimum absolute atomic E-state index is 0. The summed E-state index contributed by atoms with van der Waals surface area (Å²) in [6.07, 6.45) is 3.15. The number of benzene rings is 1. The van der Waals surface area contributed by atoms with Crippen LogP contribution >= 0.6 is 24.8 Å². The first-order valence-electron chi connectivity index (χ1n) is 8.68. The van der Waals surface area contributed by atoms with Crippen LogP contribution in [0, 0.1) is 11.7 Å². The minimum Gasteiger partial charge on any atom is -0.336 e. The Hall–Kier alpha value is -1.43. The van der Waals surface area contributed by atoms with E-state index in [1.54, 1.807) is 6.07 Å². The van der Waals surface area contributed by atoms with Crippen molar-refractivity contribution in [3.05, 3.63) is 41.3 Å². The summed E-state index contributed by atoms with van der Waals surface area (Å²) in [6.45, 7) is 3.32. The van der Waals surface area contributed by atoms with E-state index in [1.165, 1.54) is 12.1 Å². The molecular weight excluding hydrogens is 376 g/mol. The Balaban J connectivity index is 0.00000121. The molecule has 2 fully saturated rings. The SMILES string of the molecule is CC1CC(CN)CN1C(=O)c1cc(C2CC2)nc2ccc(F)cc12.Cl.Cl. The van der Waals surface area contributed by atoms with Gasteiger partial charge in [0.2, 0.25) is 0 Å². The van der Waals surface area contributed by atoms with Crippen molar-refractivity contribution in [3.63, 3.8) is 0 Å². The van der Waals surface area contributed by atoms with Gasteiger partial charge in [0, 0.05) is 29.6 Å². The van der Waals surface area contributed by atoms with Crippen molar-refractivity contribution in [1.29, 1.82) is 0 Å². The lowest BCUT2D eigenvalue weighted by molar-refractivity contribution is 0.0745. The average Bonchev–Trinajstić information content (AvgIpc) is 3.36. The number of nitrogens with zero attached hydrogens (tertiary/aromatic N) is 2. The Bertz CT molecular complexity index is 813. The number of nitrogens with two attached hydrogens (primary N) is 1. The lowest BCUT2D eigenvalue weighted by atomic mass is 10.0. The number of carbonyl (C=O) groups is 1. The number of pyridine rings is 1. The normalized spacial score (nSPS) is 22.0. The molecule has 0 radical (unpaired) electrons. The summed E-state index contributed by atoms with van der Waals surface area (Å²) in [5.41, 5.74) is 8.02. The molecule has 0 bridgehead atoms. The van der Waals surface area contributed by atoms with Gasteiger partial charge in [-0.15, -0.1) is 24.8 Å². The molecule has 1 aromatic heterocycles. The van der Waals surface area contributed by atoms with Crippen LogP contribution in [-0.2, 0) is 0 Å². The van der Waals surface area contributed by atoms with E-state index in [9.17, 15) is 9.18 Å². The summed E-state index contributed by atoms with van der Waals surface area (Å²) < 4.78 is 13.8. The first-order chi connectivity index (χ1) is 11.6. The molecule has 1 saturated heterocycles. The molecule has 7 heteroatoms. The highest BCUT2D eigenvalue weighted by molar-refractivity contribution is 6.06. The van der Waals surface area contributed by atoms with E-state index in [-0.39, 0.29) is 42.6 Å². The van der Waals surface area contributed by atoms with Crippen LogP contribution in [0.5, 0.6) is 0 Å². The zero-order chi connectivity index (χ0) is 16.8. The minimum atomic E-state index is -0.341. The third-order valence-corrected chi connectivity index (χ3v) is 5.27. The molecule has 2 aliphatic rings. The van der Waals surface area contributed by atoms with Crippen LogP contribution < -0.4 is 5.73 Å². The van der Waals surface area contributed by atoms with Crippen LogP contribution in [0.2, 0.25) is 0 Å². The topological polar surface area (TPSA) is 59.2 Å². The van der Waals surface area contributed by atoms with E-state index in [2.05, 4.69) is 11.9 Å². The fourth-order valence-electron chi connectivity index (χ4n) is 3.73. The number of likely N-dealkylation sites (tertiary alicyclic amines) is 1. The predicted molar refractivity (Wildman–Crippen MR) is 106 cm³/mol. The van der Waals surface area contributed by atoms with Gasteiger partial charge in [0.15, 0.2) is 0 Å². The van der Waals surface area contributed by atoms with Crippen LogP contribution in [0.4, 0.5) is 4.39 Å². The van der Waals surface area contributed by atoms with Gasteiger partial charge in [0.05, 0.1) is 11.1 Å². The summed E-state index contributed by atoms with van der Waals surface area (Å²) in [5, 5.41) is 0.604. The van der Waals surface area contributed by atoms with Crippen LogP contribution in [0.25, 0.3) is 10.9 Å². The Morgan fingerprint density at radius 3 is 2.65 bits per heavy atom. The van der Waals surface area contributed by atoms with E-state index in [0.29, 0.717) is 41.4 Å². The van der Waals surface area contributed by atoms with Gasteiger partial charge >= 0.3 is 0 Å². The molecule has 4 nitrogen and oxygen atoms in total. The lowest BCUT2D eigenvalue weighted by Crippen LogP contribution is -2.34. The first kappa shape index (κ1) is 20.9. The van der Waals surface area contributed by atoms with Crippen LogP contribution in [0.3, 0.4) is 0 Å². The maximum Gasteiger partial charge on any atom is 0.254 e. The Labute approximate surface area is 165 Å². The molecular formula is C19H24Cl2FN3O. The van der Waals surface area contributed by atoms with Crippen molar-refractivity contribution in [2.24, 2.45) is 11.7 Å². The molecule has 1 aliphatic heterocycles. The Morgan fingerprint density at radius 2 is 2.04 bits per heavy atom. The molecule has 0 spiro atoms.